The maximum absolute atomic E-state index is 12.2. The Hall–Kier alpha value is -4.59. The molecule has 3 aromatic heterocycles. The molecular formula is C24H20N6O2. The standard InChI is InChI=1S/C24H20N6O2/c1-15-6-8-27-13-19(15)16-9-17-11-22(28-14-20(17)21(25)10-16)30-24(32)5-4-23(31)29-18-3-2-7-26-12-18/h2-14H,25H2,1H3,(H,29,31)(H,28,30,32)/b5-4-. The number of pyridine rings is 3. The number of carbonyl (C=O) groups excluding carboxylic acids is 2. The molecule has 0 unspecified atom stereocenters. The Balaban J connectivity index is 1.51. The van der Waals surface area contributed by atoms with Gasteiger partial charge in [0, 0.05) is 53.6 Å². The molecule has 8 heteroatoms. The van der Waals surface area contributed by atoms with Gasteiger partial charge in [0.15, 0.2) is 0 Å². The Labute approximate surface area is 184 Å². The highest BCUT2D eigenvalue weighted by Gasteiger charge is 2.09. The van der Waals surface area contributed by atoms with E-state index in [1.807, 2.05) is 25.1 Å². The summed E-state index contributed by atoms with van der Waals surface area (Å²) in [6.45, 7) is 2.01. The van der Waals surface area contributed by atoms with Gasteiger partial charge in [-0.25, -0.2) is 4.98 Å². The van der Waals surface area contributed by atoms with Gasteiger partial charge in [0.25, 0.3) is 0 Å². The maximum Gasteiger partial charge on any atom is 0.249 e. The van der Waals surface area contributed by atoms with Crippen molar-refractivity contribution in [3.8, 4) is 11.1 Å². The van der Waals surface area contributed by atoms with E-state index < -0.39 is 11.8 Å². The van der Waals surface area contributed by atoms with Crippen molar-refractivity contribution in [1.82, 2.24) is 15.0 Å². The molecule has 0 aliphatic carbocycles. The Kier molecular flexibility index (Phi) is 5.85. The van der Waals surface area contributed by atoms with E-state index in [1.165, 1.54) is 6.20 Å². The van der Waals surface area contributed by atoms with Crippen LogP contribution in [-0.4, -0.2) is 26.8 Å². The minimum absolute atomic E-state index is 0.347. The van der Waals surface area contributed by atoms with E-state index in [-0.39, 0.29) is 0 Å². The van der Waals surface area contributed by atoms with Gasteiger partial charge in [0.1, 0.15) is 5.82 Å². The summed E-state index contributed by atoms with van der Waals surface area (Å²) in [5.74, 6) is -0.575. The lowest BCUT2D eigenvalue weighted by Crippen LogP contribution is -2.12. The van der Waals surface area contributed by atoms with Crippen LogP contribution in [0.4, 0.5) is 17.2 Å². The lowest BCUT2D eigenvalue weighted by Gasteiger charge is -2.10. The zero-order chi connectivity index (χ0) is 22.5. The fraction of sp³-hybridized carbons (Fsp3) is 0.0417. The van der Waals surface area contributed by atoms with Gasteiger partial charge in [-0.2, -0.15) is 0 Å². The zero-order valence-electron chi connectivity index (χ0n) is 17.2. The number of carbonyl (C=O) groups is 2. The first kappa shape index (κ1) is 20.7. The number of nitrogens with zero attached hydrogens (tertiary/aromatic N) is 3. The summed E-state index contributed by atoms with van der Waals surface area (Å²) in [6.07, 6.45) is 10.5. The molecule has 4 N–H and O–H groups in total. The van der Waals surface area contributed by atoms with Crippen molar-refractivity contribution in [2.24, 2.45) is 0 Å². The highest BCUT2D eigenvalue weighted by Crippen LogP contribution is 2.31. The third kappa shape index (κ3) is 4.76. The third-order valence-corrected chi connectivity index (χ3v) is 4.79. The Bertz CT molecular complexity index is 1340. The smallest absolute Gasteiger partial charge is 0.249 e. The third-order valence-electron chi connectivity index (χ3n) is 4.79. The van der Waals surface area contributed by atoms with Crippen LogP contribution < -0.4 is 16.4 Å². The number of nitrogens with one attached hydrogen (secondary N) is 2. The van der Waals surface area contributed by atoms with E-state index in [0.717, 1.165) is 39.6 Å². The second-order valence-corrected chi connectivity index (χ2v) is 7.10. The van der Waals surface area contributed by atoms with Crippen molar-refractivity contribution in [2.45, 2.75) is 6.92 Å². The first-order valence-electron chi connectivity index (χ1n) is 9.80. The first-order chi connectivity index (χ1) is 15.5. The summed E-state index contributed by atoms with van der Waals surface area (Å²) in [6, 6.07) is 10.9. The molecule has 0 spiro atoms. The number of nitrogen functional groups attached to an aromatic ring is 1. The predicted octanol–water partition coefficient (Wildman–Crippen LogP) is 3.72. The number of amides is 2. The van der Waals surface area contributed by atoms with Crippen LogP contribution in [-0.2, 0) is 9.59 Å². The lowest BCUT2D eigenvalue weighted by molar-refractivity contribution is -0.114. The molecule has 0 saturated carbocycles. The average Bonchev–Trinajstić information content (AvgIpc) is 2.78. The monoisotopic (exact) mass is 424 g/mol. The molecule has 4 aromatic rings. The number of hydrogen-bond donors (Lipinski definition) is 3. The van der Waals surface area contributed by atoms with Gasteiger partial charge >= 0.3 is 0 Å². The fourth-order valence-corrected chi connectivity index (χ4v) is 3.22. The number of hydrogen-bond acceptors (Lipinski definition) is 6. The normalized spacial score (nSPS) is 10.9. The van der Waals surface area contributed by atoms with E-state index in [1.54, 1.807) is 43.0 Å². The molecule has 0 saturated heterocycles. The highest BCUT2D eigenvalue weighted by atomic mass is 16.2. The van der Waals surface area contributed by atoms with Crippen LogP contribution >= 0.6 is 0 Å². The van der Waals surface area contributed by atoms with Crippen LogP contribution in [0.15, 0.2) is 79.5 Å². The maximum atomic E-state index is 12.2. The molecule has 4 rings (SSSR count). The largest absolute Gasteiger partial charge is 0.398 e. The van der Waals surface area contributed by atoms with Gasteiger partial charge in [0.05, 0.1) is 11.9 Å². The van der Waals surface area contributed by atoms with Crippen LogP contribution in [0.3, 0.4) is 0 Å². The quantitative estimate of drug-likeness (QED) is 0.331. The van der Waals surface area contributed by atoms with E-state index in [4.69, 9.17) is 5.73 Å². The highest BCUT2D eigenvalue weighted by molar-refractivity contribution is 6.07. The van der Waals surface area contributed by atoms with Crippen molar-refractivity contribution in [1.29, 1.82) is 0 Å². The van der Waals surface area contributed by atoms with Gasteiger partial charge in [0.2, 0.25) is 11.8 Å². The summed E-state index contributed by atoms with van der Waals surface area (Å²) in [5, 5.41) is 6.88. The van der Waals surface area contributed by atoms with Gasteiger partial charge in [-0.3, -0.25) is 19.6 Å². The molecule has 158 valence electrons. The molecule has 2 amide bonds. The average molecular weight is 424 g/mol. The summed E-state index contributed by atoms with van der Waals surface area (Å²) >= 11 is 0. The summed E-state index contributed by atoms with van der Waals surface area (Å²) in [5.41, 5.74) is 10.3. The number of anilines is 3. The van der Waals surface area contributed by atoms with E-state index in [9.17, 15) is 9.59 Å². The van der Waals surface area contributed by atoms with E-state index in [2.05, 4.69) is 25.6 Å². The van der Waals surface area contributed by atoms with Crippen molar-refractivity contribution in [3.63, 3.8) is 0 Å². The van der Waals surface area contributed by atoms with Gasteiger partial charge in [-0.15, -0.1) is 0 Å². The molecule has 8 nitrogen and oxygen atoms in total. The SMILES string of the molecule is Cc1ccncc1-c1cc(N)c2cnc(NC(=O)/C=C\C(=O)Nc3cccnc3)cc2c1. The van der Waals surface area contributed by atoms with Crippen molar-refractivity contribution >= 4 is 39.8 Å². The summed E-state index contributed by atoms with van der Waals surface area (Å²) in [4.78, 5) is 36.5. The van der Waals surface area contributed by atoms with Crippen molar-refractivity contribution in [3.05, 3.63) is 85.1 Å². The number of aromatic nitrogens is 3. The Morgan fingerprint density at radius 3 is 2.47 bits per heavy atom. The number of fused-ring (bicyclic) bond motifs is 1. The second-order valence-electron chi connectivity index (χ2n) is 7.10. The molecular weight excluding hydrogens is 404 g/mol. The van der Waals surface area contributed by atoms with E-state index in [0.29, 0.717) is 17.2 Å². The molecule has 0 atom stereocenters. The molecule has 32 heavy (non-hydrogen) atoms. The Morgan fingerprint density at radius 1 is 0.938 bits per heavy atom. The van der Waals surface area contributed by atoms with Crippen LogP contribution in [0.25, 0.3) is 21.9 Å². The predicted molar refractivity (Wildman–Crippen MR) is 125 cm³/mol. The second kappa shape index (κ2) is 9.05. The summed E-state index contributed by atoms with van der Waals surface area (Å²) in [7, 11) is 0. The fourth-order valence-electron chi connectivity index (χ4n) is 3.22. The zero-order valence-corrected chi connectivity index (χ0v) is 17.2. The number of benzene rings is 1. The number of nitrogens with two attached hydrogens (primary N) is 1. The number of aryl methyl sites for hydroxylation is 1. The van der Waals surface area contributed by atoms with Gasteiger partial charge < -0.3 is 16.4 Å². The van der Waals surface area contributed by atoms with Gasteiger partial charge in [-0.1, -0.05) is 0 Å². The topological polar surface area (TPSA) is 123 Å². The van der Waals surface area contributed by atoms with Crippen LogP contribution in [0.1, 0.15) is 5.56 Å². The molecule has 1 aromatic carbocycles. The van der Waals surface area contributed by atoms with Crippen LogP contribution in [0.5, 0.6) is 0 Å². The van der Waals surface area contributed by atoms with Crippen LogP contribution in [0, 0.1) is 6.92 Å². The van der Waals surface area contributed by atoms with Crippen LogP contribution in [0.2, 0.25) is 0 Å². The molecule has 0 bridgehead atoms. The molecule has 3 heterocycles. The first-order valence-corrected chi connectivity index (χ1v) is 9.80. The number of rotatable bonds is 5. The Morgan fingerprint density at radius 2 is 1.72 bits per heavy atom. The van der Waals surface area contributed by atoms with Crippen molar-refractivity contribution < 1.29 is 9.59 Å². The van der Waals surface area contributed by atoms with E-state index >= 15 is 0 Å². The lowest BCUT2D eigenvalue weighted by atomic mass is 9.99. The van der Waals surface area contributed by atoms with Gasteiger partial charge in [-0.05, 0) is 59.8 Å². The minimum Gasteiger partial charge on any atom is -0.398 e. The molecule has 0 radical (unpaired) electrons. The summed E-state index contributed by atoms with van der Waals surface area (Å²) < 4.78 is 0. The molecule has 0 aliphatic heterocycles. The minimum atomic E-state index is -0.481. The molecule has 0 aliphatic rings. The van der Waals surface area contributed by atoms with Crippen molar-refractivity contribution in [2.75, 3.05) is 16.4 Å². The molecule has 0 fully saturated rings.